The zero-order chi connectivity index (χ0) is 14.9. The fraction of sp³-hybridized carbons (Fsp3) is 0.625. The zero-order valence-electron chi connectivity index (χ0n) is 13.0. The summed E-state index contributed by atoms with van der Waals surface area (Å²) in [6.45, 7) is 7.28. The third-order valence-electron chi connectivity index (χ3n) is 4.38. The first-order valence-electron chi connectivity index (χ1n) is 7.27. The molecule has 0 amide bonds. The van der Waals surface area contributed by atoms with Gasteiger partial charge >= 0.3 is 0 Å². The summed E-state index contributed by atoms with van der Waals surface area (Å²) in [7, 11) is 4.12. The molecule has 0 aromatic carbocycles. The average molecular weight is 276 g/mol. The highest BCUT2D eigenvalue weighted by Gasteiger charge is 2.31. The van der Waals surface area contributed by atoms with E-state index in [2.05, 4.69) is 23.9 Å². The van der Waals surface area contributed by atoms with Crippen LogP contribution in [-0.4, -0.2) is 61.6 Å². The van der Waals surface area contributed by atoms with Gasteiger partial charge in [0.05, 0.1) is 0 Å². The second-order valence-corrected chi connectivity index (χ2v) is 6.01. The van der Waals surface area contributed by atoms with Crippen LogP contribution in [0.5, 0.6) is 0 Å². The Morgan fingerprint density at radius 1 is 0.950 bits per heavy atom. The van der Waals surface area contributed by atoms with E-state index in [4.69, 9.17) is 0 Å². The van der Waals surface area contributed by atoms with E-state index in [9.17, 15) is 9.59 Å². The Balaban J connectivity index is 2.11. The van der Waals surface area contributed by atoms with Crippen molar-refractivity contribution in [1.29, 1.82) is 0 Å². The van der Waals surface area contributed by atoms with Crippen LogP contribution in [-0.2, 0) is 9.59 Å². The summed E-state index contributed by atoms with van der Waals surface area (Å²) in [6.07, 6.45) is 1.41. The van der Waals surface area contributed by atoms with Gasteiger partial charge in [-0.25, -0.2) is 0 Å². The number of hydrogen-bond acceptors (Lipinski definition) is 4. The Bertz CT molecular complexity index is 463. The van der Waals surface area contributed by atoms with Crippen molar-refractivity contribution in [1.82, 2.24) is 9.80 Å². The monoisotopic (exact) mass is 276 g/mol. The van der Waals surface area contributed by atoms with Crippen molar-refractivity contribution in [2.24, 2.45) is 0 Å². The van der Waals surface area contributed by atoms with Crippen molar-refractivity contribution >= 4 is 11.6 Å². The van der Waals surface area contributed by atoms with Crippen LogP contribution in [0.3, 0.4) is 0 Å². The topological polar surface area (TPSA) is 40.6 Å². The van der Waals surface area contributed by atoms with Crippen molar-refractivity contribution in [2.45, 2.75) is 26.7 Å². The molecule has 0 spiro atoms. The lowest BCUT2D eigenvalue weighted by molar-refractivity contribution is -0.116. The molecule has 4 nitrogen and oxygen atoms in total. The van der Waals surface area contributed by atoms with Gasteiger partial charge in [-0.3, -0.25) is 9.59 Å². The van der Waals surface area contributed by atoms with Crippen LogP contribution in [0.4, 0.5) is 0 Å². The lowest BCUT2D eigenvalue weighted by atomic mass is 9.83. The van der Waals surface area contributed by atoms with Crippen LogP contribution in [0.25, 0.3) is 0 Å². The Morgan fingerprint density at radius 3 is 1.80 bits per heavy atom. The molecule has 0 bridgehead atoms. The smallest absolute Gasteiger partial charge is 0.185 e. The van der Waals surface area contributed by atoms with Gasteiger partial charge in [0.2, 0.25) is 0 Å². The largest absolute Gasteiger partial charge is 0.308 e. The number of likely N-dealkylation sites (N-methyl/N-ethyl adjacent to an activating group) is 1. The third kappa shape index (κ3) is 2.91. The highest BCUT2D eigenvalue weighted by molar-refractivity contribution is 6.24. The number of carbonyl (C=O) groups excluding carboxylic acids is 2. The number of hydrogen-bond donors (Lipinski definition) is 0. The molecule has 0 fully saturated rings. The first-order valence-corrected chi connectivity index (χ1v) is 7.27. The second kappa shape index (κ2) is 6.02. The van der Waals surface area contributed by atoms with Gasteiger partial charge in [-0.1, -0.05) is 0 Å². The third-order valence-corrected chi connectivity index (χ3v) is 4.38. The van der Waals surface area contributed by atoms with E-state index in [1.54, 1.807) is 13.8 Å². The van der Waals surface area contributed by atoms with Crippen LogP contribution < -0.4 is 0 Å². The fourth-order valence-electron chi connectivity index (χ4n) is 2.81. The predicted octanol–water partition coefficient (Wildman–Crippen LogP) is 1.43. The maximum absolute atomic E-state index is 12.3. The molecular weight excluding hydrogens is 252 g/mol. The highest BCUT2D eigenvalue weighted by atomic mass is 16.1. The van der Waals surface area contributed by atoms with Crippen molar-refractivity contribution in [3.05, 3.63) is 22.3 Å². The predicted molar refractivity (Wildman–Crippen MR) is 79.6 cm³/mol. The standard InChI is InChI=1S/C16H24N2O2/c1-11-12(2)16(20)14-6-8-18(10-9-17(3)4)7-5-13(14)15(11)19/h5-10H2,1-4H3. The minimum absolute atomic E-state index is 0.0894. The fourth-order valence-corrected chi connectivity index (χ4v) is 2.81. The molecule has 1 aliphatic carbocycles. The lowest BCUT2D eigenvalue weighted by Gasteiger charge is -2.22. The molecule has 0 saturated heterocycles. The van der Waals surface area contributed by atoms with E-state index in [0.717, 1.165) is 37.3 Å². The maximum atomic E-state index is 12.3. The molecule has 0 atom stereocenters. The SMILES string of the molecule is CC1=C(C)C(=O)C2=C(CCN(CCN(C)C)CC2)C1=O. The van der Waals surface area contributed by atoms with Crippen molar-refractivity contribution in [3.8, 4) is 0 Å². The summed E-state index contributed by atoms with van der Waals surface area (Å²) in [6, 6.07) is 0. The molecule has 20 heavy (non-hydrogen) atoms. The number of allylic oxidation sites excluding steroid dienone is 2. The summed E-state index contributed by atoms with van der Waals surface area (Å²) >= 11 is 0. The molecule has 2 rings (SSSR count). The normalized spacial score (nSPS) is 21.6. The van der Waals surface area contributed by atoms with E-state index in [1.807, 2.05) is 0 Å². The first-order chi connectivity index (χ1) is 9.41. The Hall–Kier alpha value is -1.26. The molecule has 1 heterocycles. The summed E-state index contributed by atoms with van der Waals surface area (Å²) in [5.74, 6) is 0.179. The van der Waals surface area contributed by atoms with Crippen molar-refractivity contribution in [3.63, 3.8) is 0 Å². The van der Waals surface area contributed by atoms with Crippen molar-refractivity contribution in [2.75, 3.05) is 40.3 Å². The molecule has 0 radical (unpaired) electrons. The number of nitrogens with zero attached hydrogens (tertiary/aromatic N) is 2. The quantitative estimate of drug-likeness (QED) is 0.731. The van der Waals surface area contributed by atoms with Crippen LogP contribution >= 0.6 is 0 Å². The Kier molecular flexibility index (Phi) is 4.55. The van der Waals surface area contributed by atoms with Gasteiger partial charge < -0.3 is 9.80 Å². The number of Topliss-reactive ketones (excluding diaryl/α,β-unsaturated/α-hetero) is 2. The molecular formula is C16H24N2O2. The molecule has 1 aliphatic heterocycles. The highest BCUT2D eigenvalue weighted by Crippen LogP contribution is 2.30. The Labute approximate surface area is 121 Å². The van der Waals surface area contributed by atoms with E-state index in [-0.39, 0.29) is 11.6 Å². The van der Waals surface area contributed by atoms with E-state index in [0.29, 0.717) is 24.0 Å². The van der Waals surface area contributed by atoms with Gasteiger partial charge in [0.1, 0.15) is 0 Å². The number of rotatable bonds is 3. The molecule has 4 heteroatoms. The van der Waals surface area contributed by atoms with E-state index < -0.39 is 0 Å². The Morgan fingerprint density at radius 2 is 1.40 bits per heavy atom. The van der Waals surface area contributed by atoms with Crippen LogP contribution in [0.2, 0.25) is 0 Å². The lowest BCUT2D eigenvalue weighted by Crippen LogP contribution is -2.32. The summed E-state index contributed by atoms with van der Waals surface area (Å²) in [4.78, 5) is 29.2. The number of ketones is 2. The molecule has 2 aliphatic rings. The van der Waals surface area contributed by atoms with Crippen LogP contribution in [0.15, 0.2) is 22.3 Å². The molecule has 0 aromatic rings. The maximum Gasteiger partial charge on any atom is 0.185 e. The molecule has 110 valence electrons. The van der Waals surface area contributed by atoms with Gasteiger partial charge in [-0.2, -0.15) is 0 Å². The van der Waals surface area contributed by atoms with Crippen LogP contribution in [0, 0.1) is 0 Å². The van der Waals surface area contributed by atoms with Gasteiger partial charge in [0.15, 0.2) is 11.6 Å². The summed E-state index contributed by atoms with van der Waals surface area (Å²) in [5.41, 5.74) is 2.81. The summed E-state index contributed by atoms with van der Waals surface area (Å²) in [5, 5.41) is 0. The minimum Gasteiger partial charge on any atom is -0.308 e. The second-order valence-electron chi connectivity index (χ2n) is 6.01. The van der Waals surface area contributed by atoms with E-state index >= 15 is 0 Å². The van der Waals surface area contributed by atoms with Gasteiger partial charge in [-0.05, 0) is 40.8 Å². The molecule has 0 N–H and O–H groups in total. The molecule has 0 saturated carbocycles. The van der Waals surface area contributed by atoms with Crippen molar-refractivity contribution < 1.29 is 9.59 Å². The average Bonchev–Trinajstić information content (AvgIpc) is 2.63. The first kappa shape index (κ1) is 15.1. The van der Waals surface area contributed by atoms with Gasteiger partial charge in [0, 0.05) is 48.5 Å². The molecule has 0 unspecified atom stereocenters. The van der Waals surface area contributed by atoms with Gasteiger partial charge in [-0.15, -0.1) is 0 Å². The minimum atomic E-state index is 0.0894. The van der Waals surface area contributed by atoms with Gasteiger partial charge in [0.25, 0.3) is 0 Å². The van der Waals surface area contributed by atoms with E-state index in [1.165, 1.54) is 0 Å². The number of carbonyl (C=O) groups is 2. The van der Waals surface area contributed by atoms with Crippen LogP contribution in [0.1, 0.15) is 26.7 Å². The zero-order valence-corrected chi connectivity index (χ0v) is 13.0. The molecule has 0 aromatic heterocycles. The summed E-state index contributed by atoms with van der Waals surface area (Å²) < 4.78 is 0.